The Morgan fingerprint density at radius 1 is 1.30 bits per heavy atom. The van der Waals surface area contributed by atoms with Gasteiger partial charge in [0.15, 0.2) is 0 Å². The van der Waals surface area contributed by atoms with Gasteiger partial charge in [0.05, 0.1) is 16.8 Å². The number of rotatable bonds is 2. The maximum atomic E-state index is 12.2. The zero-order valence-corrected chi connectivity index (χ0v) is 12.5. The lowest BCUT2D eigenvalue weighted by molar-refractivity contribution is 0.102. The fourth-order valence-corrected chi connectivity index (χ4v) is 2.17. The van der Waals surface area contributed by atoms with Gasteiger partial charge in [-0.05, 0) is 36.4 Å². The number of hydrogen-bond acceptors (Lipinski definition) is 3. The predicted octanol–water partition coefficient (Wildman–Crippen LogP) is 3.81. The third kappa shape index (κ3) is 3.10. The number of nitrogens with zero attached hydrogens (tertiary/aromatic N) is 1. The van der Waals surface area contributed by atoms with Crippen LogP contribution in [0, 0.1) is 11.3 Å². The normalized spacial score (nSPS) is 9.85. The molecule has 0 saturated carbocycles. The number of nitrogen functional groups attached to an aromatic ring is 1. The first kappa shape index (κ1) is 14.4. The van der Waals surface area contributed by atoms with E-state index in [0.29, 0.717) is 27.5 Å². The number of nitrogens with two attached hydrogens (primary N) is 1. The largest absolute Gasteiger partial charge is 0.398 e. The number of halogens is 2. The Morgan fingerprint density at radius 2 is 2.05 bits per heavy atom. The van der Waals surface area contributed by atoms with Crippen molar-refractivity contribution in [2.75, 3.05) is 11.1 Å². The van der Waals surface area contributed by atoms with Crippen molar-refractivity contribution in [3.8, 4) is 6.07 Å². The zero-order chi connectivity index (χ0) is 14.7. The summed E-state index contributed by atoms with van der Waals surface area (Å²) in [6.45, 7) is 0. The highest BCUT2D eigenvalue weighted by Crippen LogP contribution is 2.23. The summed E-state index contributed by atoms with van der Waals surface area (Å²) in [4.78, 5) is 12.2. The number of carbonyl (C=O) groups excluding carboxylic acids is 1. The van der Waals surface area contributed by atoms with E-state index in [2.05, 4.69) is 21.2 Å². The number of amides is 1. The van der Waals surface area contributed by atoms with Crippen LogP contribution in [0.15, 0.2) is 40.9 Å². The molecule has 4 nitrogen and oxygen atoms in total. The Balaban J connectivity index is 2.35. The molecule has 0 unspecified atom stereocenters. The van der Waals surface area contributed by atoms with Crippen LogP contribution in [-0.2, 0) is 0 Å². The van der Waals surface area contributed by atoms with Crippen molar-refractivity contribution in [1.82, 2.24) is 0 Å². The molecule has 2 aromatic carbocycles. The van der Waals surface area contributed by atoms with Crippen LogP contribution in [0.5, 0.6) is 0 Å². The van der Waals surface area contributed by atoms with E-state index in [1.807, 2.05) is 6.07 Å². The second kappa shape index (κ2) is 5.95. The lowest BCUT2D eigenvalue weighted by atomic mass is 10.1. The molecule has 0 spiro atoms. The van der Waals surface area contributed by atoms with Crippen molar-refractivity contribution >= 4 is 44.8 Å². The van der Waals surface area contributed by atoms with Crippen LogP contribution < -0.4 is 11.1 Å². The minimum atomic E-state index is -0.400. The monoisotopic (exact) mass is 349 g/mol. The first-order chi connectivity index (χ1) is 9.51. The van der Waals surface area contributed by atoms with Gasteiger partial charge in [0.1, 0.15) is 6.07 Å². The smallest absolute Gasteiger partial charge is 0.257 e. The van der Waals surface area contributed by atoms with Gasteiger partial charge < -0.3 is 11.1 Å². The van der Waals surface area contributed by atoms with Gasteiger partial charge in [-0.1, -0.05) is 27.5 Å². The summed E-state index contributed by atoms with van der Waals surface area (Å²) in [6.07, 6.45) is 0. The Morgan fingerprint density at radius 3 is 2.75 bits per heavy atom. The highest BCUT2D eigenvalue weighted by atomic mass is 79.9. The maximum absolute atomic E-state index is 12.2. The number of anilines is 2. The van der Waals surface area contributed by atoms with Crippen LogP contribution in [0.25, 0.3) is 0 Å². The van der Waals surface area contributed by atoms with Gasteiger partial charge in [0, 0.05) is 15.2 Å². The van der Waals surface area contributed by atoms with Crippen molar-refractivity contribution in [2.24, 2.45) is 0 Å². The van der Waals surface area contributed by atoms with Crippen molar-refractivity contribution in [1.29, 1.82) is 5.26 Å². The van der Waals surface area contributed by atoms with E-state index >= 15 is 0 Å². The van der Waals surface area contributed by atoms with Crippen LogP contribution in [0.4, 0.5) is 11.4 Å². The first-order valence-electron chi connectivity index (χ1n) is 5.57. The lowest BCUT2D eigenvalue weighted by Gasteiger charge is -2.09. The molecule has 0 saturated heterocycles. The molecule has 100 valence electrons. The molecule has 3 N–H and O–H groups in total. The Bertz CT molecular complexity index is 725. The van der Waals surface area contributed by atoms with E-state index in [-0.39, 0.29) is 0 Å². The fraction of sp³-hybridized carbons (Fsp3) is 0. The van der Waals surface area contributed by atoms with E-state index in [0.717, 1.165) is 4.47 Å². The Labute approximate surface area is 129 Å². The average molecular weight is 351 g/mol. The average Bonchev–Trinajstić information content (AvgIpc) is 2.41. The highest BCUT2D eigenvalue weighted by Gasteiger charge is 2.13. The van der Waals surface area contributed by atoms with Gasteiger partial charge in [-0.25, -0.2) is 0 Å². The number of nitrogens with one attached hydrogen (secondary N) is 1. The molecule has 0 aromatic heterocycles. The summed E-state index contributed by atoms with van der Waals surface area (Å²) in [7, 11) is 0. The number of hydrogen-bond donors (Lipinski definition) is 2. The summed E-state index contributed by atoms with van der Waals surface area (Å²) in [5.74, 6) is -0.400. The Hall–Kier alpha value is -2.03. The molecule has 0 radical (unpaired) electrons. The molecule has 0 aliphatic carbocycles. The van der Waals surface area contributed by atoms with Gasteiger partial charge in [-0.2, -0.15) is 5.26 Å². The SMILES string of the molecule is N#Cc1ccc(Cl)cc1NC(=O)c1cc(Br)ccc1N. The van der Waals surface area contributed by atoms with Crippen molar-refractivity contribution < 1.29 is 4.79 Å². The van der Waals surface area contributed by atoms with Crippen LogP contribution in [0.1, 0.15) is 15.9 Å². The van der Waals surface area contributed by atoms with Gasteiger partial charge in [0.2, 0.25) is 0 Å². The number of benzene rings is 2. The van der Waals surface area contributed by atoms with E-state index in [9.17, 15) is 4.79 Å². The van der Waals surface area contributed by atoms with Gasteiger partial charge >= 0.3 is 0 Å². The molecule has 0 heterocycles. The second-order valence-corrected chi connectivity index (χ2v) is 5.34. The van der Waals surface area contributed by atoms with Crippen LogP contribution in [0.3, 0.4) is 0 Å². The van der Waals surface area contributed by atoms with Gasteiger partial charge in [-0.3, -0.25) is 4.79 Å². The number of nitriles is 1. The quantitative estimate of drug-likeness (QED) is 0.808. The molecule has 0 bridgehead atoms. The summed E-state index contributed by atoms with van der Waals surface area (Å²) < 4.78 is 0.739. The highest BCUT2D eigenvalue weighted by molar-refractivity contribution is 9.10. The standard InChI is InChI=1S/C14H9BrClN3O/c15-9-2-4-12(18)11(5-9)14(20)19-13-6-10(16)3-1-8(13)7-17/h1-6H,18H2,(H,19,20). The molecule has 2 aromatic rings. The molecule has 0 aliphatic rings. The second-order valence-electron chi connectivity index (χ2n) is 3.99. The molecule has 1 amide bonds. The fourth-order valence-electron chi connectivity index (χ4n) is 1.63. The topological polar surface area (TPSA) is 78.9 Å². The molecule has 2 rings (SSSR count). The minimum Gasteiger partial charge on any atom is -0.398 e. The molecule has 0 aliphatic heterocycles. The van der Waals surface area contributed by atoms with Crippen LogP contribution in [-0.4, -0.2) is 5.91 Å². The van der Waals surface area contributed by atoms with Crippen LogP contribution in [0.2, 0.25) is 5.02 Å². The minimum absolute atomic E-state index is 0.322. The molecule has 0 fully saturated rings. The molecule has 0 atom stereocenters. The van der Waals surface area contributed by atoms with E-state index < -0.39 is 5.91 Å². The van der Waals surface area contributed by atoms with Crippen molar-refractivity contribution in [3.05, 3.63) is 57.0 Å². The third-order valence-electron chi connectivity index (χ3n) is 2.61. The predicted molar refractivity (Wildman–Crippen MR) is 82.7 cm³/mol. The lowest BCUT2D eigenvalue weighted by Crippen LogP contribution is -2.14. The Kier molecular flexibility index (Phi) is 4.28. The summed E-state index contributed by atoms with van der Waals surface area (Å²) >= 11 is 9.15. The third-order valence-corrected chi connectivity index (χ3v) is 3.34. The maximum Gasteiger partial charge on any atom is 0.257 e. The zero-order valence-electron chi connectivity index (χ0n) is 10.2. The van der Waals surface area contributed by atoms with E-state index in [1.54, 1.807) is 30.3 Å². The van der Waals surface area contributed by atoms with E-state index in [1.165, 1.54) is 6.07 Å². The van der Waals surface area contributed by atoms with Crippen molar-refractivity contribution in [2.45, 2.75) is 0 Å². The van der Waals surface area contributed by atoms with Crippen molar-refractivity contribution in [3.63, 3.8) is 0 Å². The van der Waals surface area contributed by atoms with Gasteiger partial charge in [0.25, 0.3) is 5.91 Å². The first-order valence-corrected chi connectivity index (χ1v) is 6.74. The van der Waals surface area contributed by atoms with Crippen LogP contribution >= 0.6 is 27.5 Å². The number of carbonyl (C=O) groups is 1. The molecular formula is C14H9BrClN3O. The molecule has 20 heavy (non-hydrogen) atoms. The molecular weight excluding hydrogens is 342 g/mol. The van der Waals surface area contributed by atoms with Gasteiger partial charge in [-0.15, -0.1) is 0 Å². The van der Waals surface area contributed by atoms with E-state index in [4.69, 9.17) is 22.6 Å². The summed E-state index contributed by atoms with van der Waals surface area (Å²) in [6, 6.07) is 11.6. The summed E-state index contributed by atoms with van der Waals surface area (Å²) in [5, 5.41) is 12.1. The summed E-state index contributed by atoms with van der Waals surface area (Å²) in [5.41, 5.74) is 7.13. The molecule has 6 heteroatoms.